The number of pyridine rings is 1. The zero-order valence-electron chi connectivity index (χ0n) is 38.9. The van der Waals surface area contributed by atoms with Crippen LogP contribution in [0, 0.1) is 0 Å². The molecular weight excluding hydrogens is 817 g/mol. The number of ether oxygens (including phenoxy) is 1. The van der Waals surface area contributed by atoms with E-state index in [0.717, 1.165) is 84.4 Å². The zero-order chi connectivity index (χ0) is 45.6. The van der Waals surface area contributed by atoms with E-state index in [0.29, 0.717) is 6.67 Å². The molecule has 0 amide bonds. The Balaban J connectivity index is 1.15. The van der Waals surface area contributed by atoms with E-state index in [1.54, 1.807) is 0 Å². The number of hydrogen-bond acceptors (Lipinski definition) is 4. The molecular formula is C62H52N4O. The number of fused-ring (bicyclic) bond motifs is 23. The van der Waals surface area contributed by atoms with Crippen LogP contribution in [0.4, 0.5) is 22.7 Å². The van der Waals surface area contributed by atoms with Gasteiger partial charge in [-0.2, -0.15) is 0 Å². The second-order valence-corrected chi connectivity index (χ2v) is 20.1. The maximum Gasteiger partial charge on any atom is 0.138 e. The number of para-hydroxylation sites is 4. The van der Waals surface area contributed by atoms with Gasteiger partial charge in [-0.25, -0.2) is 4.98 Å². The fourth-order valence-electron chi connectivity index (χ4n) is 10.2. The van der Waals surface area contributed by atoms with Crippen molar-refractivity contribution in [3.63, 3.8) is 0 Å². The molecule has 5 heteroatoms. The van der Waals surface area contributed by atoms with Gasteiger partial charge < -0.3 is 14.5 Å². The summed E-state index contributed by atoms with van der Waals surface area (Å²) in [5.74, 6) is 2.40. The Labute approximate surface area is 393 Å². The van der Waals surface area contributed by atoms with Crippen LogP contribution in [-0.4, -0.2) is 16.2 Å². The second kappa shape index (κ2) is 15.4. The Hall–Kier alpha value is -7.89. The molecule has 8 aromatic carbocycles. The second-order valence-electron chi connectivity index (χ2n) is 20.1. The lowest BCUT2D eigenvalue weighted by Gasteiger charge is -2.28. The van der Waals surface area contributed by atoms with E-state index < -0.39 is 0 Å². The highest BCUT2D eigenvalue weighted by molar-refractivity contribution is 6.09. The maximum absolute atomic E-state index is 6.87. The van der Waals surface area contributed by atoms with E-state index >= 15 is 0 Å². The molecule has 0 atom stereocenters. The standard InChI is InChI=1S/C62H52N4O/c1-61(2,3)43-20-14-18-41(34-43)49-26-16-27-53-50-24-8-7-23-48(50)40-17-13-19-42(33-40)54-35-44(62(4,5)6)36-59(63-54)66-55-28-10-9-25-51(55)52-32-31-47(38-58(52)66)67-46-22-15-21-45(37-46)64-39-65(60(49)53)57-30-12-11-29-56(57)64/h7-38H,39H2,1-6H3. The minimum absolute atomic E-state index is 0.0135. The first-order valence-corrected chi connectivity index (χ1v) is 23.4. The van der Waals surface area contributed by atoms with E-state index in [4.69, 9.17) is 9.72 Å². The average Bonchev–Trinajstić information content (AvgIpc) is 3.89. The lowest BCUT2D eigenvalue weighted by atomic mass is 9.84. The maximum atomic E-state index is 6.87. The van der Waals surface area contributed by atoms with Gasteiger partial charge in [0.1, 0.15) is 24.0 Å². The molecule has 0 radical (unpaired) electrons. The van der Waals surface area contributed by atoms with Crippen LogP contribution in [-0.2, 0) is 10.8 Å². The monoisotopic (exact) mass is 868 g/mol. The van der Waals surface area contributed by atoms with Crippen LogP contribution in [0.2, 0.25) is 0 Å². The van der Waals surface area contributed by atoms with Gasteiger partial charge in [0.2, 0.25) is 0 Å². The first-order valence-electron chi connectivity index (χ1n) is 23.4. The largest absolute Gasteiger partial charge is 0.457 e. The highest BCUT2D eigenvalue weighted by Crippen LogP contribution is 2.52. The molecule has 10 bridgehead atoms. The van der Waals surface area contributed by atoms with Gasteiger partial charge in [0, 0.05) is 45.3 Å². The SMILES string of the molecule is CC(C)(C)c1cccc(-c2cccc3c2N2CN(c4cccc(c4)Oc4ccc5c6ccccc6n(c5c4)-c4cc(C(C)(C)C)cc(n4)-c4cccc(c4)-c4ccccc4-3)c3ccccc32)c1. The molecule has 0 unspecified atom stereocenters. The molecule has 12 rings (SSSR count). The number of aromatic nitrogens is 2. The van der Waals surface area contributed by atoms with Gasteiger partial charge in [-0.1, -0.05) is 163 Å². The topological polar surface area (TPSA) is 33.5 Å². The highest BCUT2D eigenvalue weighted by atomic mass is 16.5. The summed E-state index contributed by atoms with van der Waals surface area (Å²) in [7, 11) is 0. The van der Waals surface area contributed by atoms with E-state index in [1.165, 1.54) is 33.2 Å². The van der Waals surface area contributed by atoms with Gasteiger partial charge in [0.05, 0.1) is 33.8 Å². The van der Waals surface area contributed by atoms with Gasteiger partial charge in [-0.05, 0) is 105 Å². The molecule has 0 fully saturated rings. The normalized spacial score (nSPS) is 13.2. The smallest absolute Gasteiger partial charge is 0.138 e. The van der Waals surface area contributed by atoms with Crippen molar-refractivity contribution < 1.29 is 4.74 Å². The van der Waals surface area contributed by atoms with Crippen molar-refractivity contribution in [1.29, 1.82) is 0 Å². The molecule has 326 valence electrons. The molecule has 67 heavy (non-hydrogen) atoms. The fraction of sp³-hybridized carbons (Fsp3) is 0.145. The summed E-state index contributed by atoms with van der Waals surface area (Å²) in [4.78, 5) is 10.5. The molecule has 0 saturated heterocycles. The van der Waals surface area contributed by atoms with Crippen LogP contribution >= 0.6 is 0 Å². The summed E-state index contributed by atoms with van der Waals surface area (Å²) < 4.78 is 9.18. The summed E-state index contributed by atoms with van der Waals surface area (Å²) in [6.45, 7) is 14.3. The summed E-state index contributed by atoms with van der Waals surface area (Å²) in [5, 5.41) is 2.32. The van der Waals surface area contributed by atoms with Gasteiger partial charge in [-0.15, -0.1) is 0 Å². The van der Waals surface area contributed by atoms with Crippen molar-refractivity contribution in [2.75, 3.05) is 16.5 Å². The third-order valence-electron chi connectivity index (χ3n) is 13.7. The Bertz CT molecular complexity index is 3580. The Morgan fingerprint density at radius 2 is 1.06 bits per heavy atom. The van der Waals surface area contributed by atoms with Gasteiger partial charge in [-0.3, -0.25) is 4.57 Å². The van der Waals surface area contributed by atoms with Crippen LogP contribution in [0.3, 0.4) is 0 Å². The molecule has 0 spiro atoms. The van der Waals surface area contributed by atoms with Crippen molar-refractivity contribution in [1.82, 2.24) is 9.55 Å². The quantitative estimate of drug-likeness (QED) is 0.165. The van der Waals surface area contributed by atoms with E-state index in [-0.39, 0.29) is 10.8 Å². The number of hydrogen-bond donors (Lipinski definition) is 0. The minimum Gasteiger partial charge on any atom is -0.457 e. The Morgan fingerprint density at radius 1 is 0.433 bits per heavy atom. The summed E-state index contributed by atoms with van der Waals surface area (Å²) in [6, 6.07) is 70.8. The van der Waals surface area contributed by atoms with Crippen LogP contribution < -0.4 is 14.5 Å². The molecule has 2 aliphatic rings. The molecule has 4 heterocycles. The van der Waals surface area contributed by atoms with Crippen molar-refractivity contribution in [2.45, 2.75) is 52.4 Å². The molecule has 0 aliphatic carbocycles. The van der Waals surface area contributed by atoms with Crippen LogP contribution in [0.25, 0.3) is 72.3 Å². The minimum atomic E-state index is -0.141. The van der Waals surface area contributed by atoms with Gasteiger partial charge in [0.25, 0.3) is 0 Å². The van der Waals surface area contributed by atoms with Crippen molar-refractivity contribution >= 4 is 44.6 Å². The zero-order valence-corrected chi connectivity index (χ0v) is 38.9. The third kappa shape index (κ3) is 6.96. The summed E-state index contributed by atoms with van der Waals surface area (Å²) >= 11 is 0. The summed E-state index contributed by atoms with van der Waals surface area (Å²) in [6.07, 6.45) is 0. The predicted molar refractivity (Wildman–Crippen MR) is 280 cm³/mol. The molecule has 0 saturated carbocycles. The van der Waals surface area contributed by atoms with E-state index in [2.05, 4.69) is 250 Å². The summed E-state index contributed by atoms with van der Waals surface area (Å²) in [5.41, 5.74) is 18.0. The van der Waals surface area contributed by atoms with E-state index in [9.17, 15) is 0 Å². The number of nitrogens with zero attached hydrogens (tertiary/aromatic N) is 4. The van der Waals surface area contributed by atoms with Crippen molar-refractivity contribution in [2.24, 2.45) is 0 Å². The lowest BCUT2D eigenvalue weighted by molar-refractivity contribution is 0.483. The molecule has 2 aromatic heterocycles. The first kappa shape index (κ1) is 40.6. The van der Waals surface area contributed by atoms with E-state index in [1.807, 2.05) is 0 Å². The average molecular weight is 869 g/mol. The van der Waals surface area contributed by atoms with Crippen LogP contribution in [0.5, 0.6) is 11.5 Å². The van der Waals surface area contributed by atoms with Crippen LogP contribution in [0.15, 0.2) is 194 Å². The van der Waals surface area contributed by atoms with Crippen molar-refractivity contribution in [3.05, 3.63) is 205 Å². The fourth-order valence-corrected chi connectivity index (χ4v) is 10.2. The number of rotatable bonds is 1. The van der Waals surface area contributed by atoms with Gasteiger partial charge >= 0.3 is 0 Å². The highest BCUT2D eigenvalue weighted by Gasteiger charge is 2.32. The molecule has 5 nitrogen and oxygen atoms in total. The molecule has 10 aromatic rings. The van der Waals surface area contributed by atoms with Crippen LogP contribution in [0.1, 0.15) is 52.7 Å². The predicted octanol–water partition coefficient (Wildman–Crippen LogP) is 16.8. The molecule has 0 N–H and O–H groups in total. The first-order chi connectivity index (χ1) is 32.5. The lowest BCUT2D eigenvalue weighted by Crippen LogP contribution is -2.25. The Kier molecular flexibility index (Phi) is 9.30. The number of benzene rings is 8. The third-order valence-corrected chi connectivity index (χ3v) is 13.7. The Morgan fingerprint density at radius 3 is 1.88 bits per heavy atom. The van der Waals surface area contributed by atoms with Gasteiger partial charge in [0.15, 0.2) is 0 Å². The van der Waals surface area contributed by atoms with Crippen molar-refractivity contribution in [3.8, 4) is 62.0 Å². The molecule has 2 aliphatic heterocycles. The number of anilines is 4.